The van der Waals surface area contributed by atoms with Crippen LogP contribution in [0.2, 0.25) is 0 Å². The van der Waals surface area contributed by atoms with Crippen molar-refractivity contribution in [2.45, 2.75) is 45.1 Å². The van der Waals surface area contributed by atoms with E-state index in [-0.39, 0.29) is 23.5 Å². The molecule has 2 unspecified atom stereocenters. The van der Waals surface area contributed by atoms with Crippen LogP contribution >= 0.6 is 0 Å². The molecule has 0 radical (unpaired) electrons. The smallest absolute Gasteiger partial charge is 0.306 e. The summed E-state index contributed by atoms with van der Waals surface area (Å²) in [6.07, 6.45) is 3.95. The van der Waals surface area contributed by atoms with Gasteiger partial charge >= 0.3 is 5.97 Å². The topological polar surface area (TPSA) is 83.5 Å². The second-order valence-corrected chi connectivity index (χ2v) is 7.42. The van der Waals surface area contributed by atoms with E-state index in [4.69, 9.17) is 5.11 Å². The molecule has 0 aromatic heterocycles. The van der Waals surface area contributed by atoms with Gasteiger partial charge in [0.05, 0.1) is 11.7 Å². The zero-order chi connectivity index (χ0) is 13.6. The van der Waals surface area contributed by atoms with Gasteiger partial charge in [-0.25, -0.2) is 8.42 Å². The van der Waals surface area contributed by atoms with Gasteiger partial charge in [-0.15, -0.1) is 0 Å². The van der Waals surface area contributed by atoms with Crippen LogP contribution in [0.4, 0.5) is 0 Å². The molecule has 106 valence electrons. The van der Waals surface area contributed by atoms with Crippen molar-refractivity contribution in [2.75, 3.05) is 18.1 Å². The monoisotopic (exact) mass is 277 g/mol. The van der Waals surface area contributed by atoms with Gasteiger partial charge in [0.2, 0.25) is 0 Å². The van der Waals surface area contributed by atoms with Crippen LogP contribution in [0, 0.1) is 5.92 Å². The average molecular weight is 277 g/mol. The Morgan fingerprint density at radius 3 is 2.72 bits per heavy atom. The summed E-state index contributed by atoms with van der Waals surface area (Å²) >= 11 is 0. The predicted molar refractivity (Wildman–Crippen MR) is 70.3 cm³/mol. The Labute approximate surface area is 109 Å². The van der Waals surface area contributed by atoms with Crippen LogP contribution in [0.5, 0.6) is 0 Å². The zero-order valence-corrected chi connectivity index (χ0v) is 11.7. The van der Waals surface area contributed by atoms with Crippen molar-refractivity contribution in [1.82, 2.24) is 5.32 Å². The van der Waals surface area contributed by atoms with E-state index in [2.05, 4.69) is 5.32 Å². The van der Waals surface area contributed by atoms with Gasteiger partial charge in [-0.3, -0.25) is 4.79 Å². The number of aliphatic carboxylic acids is 1. The quantitative estimate of drug-likeness (QED) is 0.679. The molecule has 0 amide bonds. The molecule has 1 aliphatic rings. The fourth-order valence-corrected chi connectivity index (χ4v) is 3.21. The summed E-state index contributed by atoms with van der Waals surface area (Å²) in [5.41, 5.74) is 0. The maximum absolute atomic E-state index is 11.3. The number of carboxylic acid groups (broad SMARTS) is 1. The van der Waals surface area contributed by atoms with Crippen LogP contribution in [-0.2, 0) is 14.6 Å². The van der Waals surface area contributed by atoms with Crippen LogP contribution in [0.25, 0.3) is 0 Å². The maximum Gasteiger partial charge on any atom is 0.306 e. The van der Waals surface area contributed by atoms with Gasteiger partial charge in [-0.2, -0.15) is 0 Å². The molecule has 0 bridgehead atoms. The number of carboxylic acids is 1. The highest BCUT2D eigenvalue weighted by Crippen LogP contribution is 2.24. The molecule has 0 heterocycles. The van der Waals surface area contributed by atoms with Gasteiger partial charge in [-0.1, -0.05) is 13.3 Å². The summed E-state index contributed by atoms with van der Waals surface area (Å²) in [5, 5.41) is 12.2. The molecule has 1 rings (SSSR count). The Morgan fingerprint density at radius 1 is 1.39 bits per heavy atom. The van der Waals surface area contributed by atoms with Crippen molar-refractivity contribution in [1.29, 1.82) is 0 Å². The lowest BCUT2D eigenvalue weighted by Gasteiger charge is -2.27. The molecule has 18 heavy (non-hydrogen) atoms. The van der Waals surface area contributed by atoms with Gasteiger partial charge < -0.3 is 10.4 Å². The van der Waals surface area contributed by atoms with Crippen LogP contribution in [0.3, 0.4) is 0 Å². The molecule has 1 saturated carbocycles. The summed E-state index contributed by atoms with van der Waals surface area (Å²) in [6.45, 7) is 2.30. The fraction of sp³-hybridized carbons (Fsp3) is 0.917. The molecule has 2 N–H and O–H groups in total. The Kier molecular flexibility index (Phi) is 6.08. The van der Waals surface area contributed by atoms with E-state index < -0.39 is 15.8 Å². The largest absolute Gasteiger partial charge is 0.481 e. The molecule has 0 spiro atoms. The van der Waals surface area contributed by atoms with E-state index in [0.29, 0.717) is 19.4 Å². The molecular formula is C12H23NO4S. The van der Waals surface area contributed by atoms with Crippen molar-refractivity contribution in [3.63, 3.8) is 0 Å². The Balaban J connectivity index is 2.21. The SMILES string of the molecule is CCS(=O)(=O)CCCNC1CCCC(C(=O)O)C1. The molecule has 2 atom stereocenters. The van der Waals surface area contributed by atoms with Crippen molar-refractivity contribution in [3.8, 4) is 0 Å². The molecular weight excluding hydrogens is 254 g/mol. The minimum absolute atomic E-state index is 0.192. The maximum atomic E-state index is 11.3. The van der Waals surface area contributed by atoms with E-state index >= 15 is 0 Å². The van der Waals surface area contributed by atoms with Gasteiger partial charge in [-0.05, 0) is 32.2 Å². The molecule has 0 aliphatic heterocycles. The molecule has 1 aliphatic carbocycles. The summed E-state index contributed by atoms with van der Waals surface area (Å²) < 4.78 is 22.6. The lowest BCUT2D eigenvalue weighted by molar-refractivity contribution is -0.143. The highest BCUT2D eigenvalue weighted by atomic mass is 32.2. The Morgan fingerprint density at radius 2 is 2.11 bits per heavy atom. The average Bonchev–Trinajstić information content (AvgIpc) is 2.35. The van der Waals surface area contributed by atoms with Gasteiger partial charge in [0.25, 0.3) is 0 Å². The standard InChI is InChI=1S/C12H23NO4S/c1-2-18(16,17)8-4-7-13-11-6-3-5-10(9-11)12(14)15/h10-11,13H,2-9H2,1H3,(H,14,15). The third-order valence-electron chi connectivity index (χ3n) is 3.53. The van der Waals surface area contributed by atoms with Crippen LogP contribution in [-0.4, -0.2) is 43.6 Å². The van der Waals surface area contributed by atoms with E-state index in [1.807, 2.05) is 0 Å². The van der Waals surface area contributed by atoms with Crippen molar-refractivity contribution in [2.24, 2.45) is 5.92 Å². The highest BCUT2D eigenvalue weighted by Gasteiger charge is 2.26. The summed E-state index contributed by atoms with van der Waals surface area (Å²) in [6, 6.07) is 0.226. The van der Waals surface area contributed by atoms with Gasteiger partial charge in [0.1, 0.15) is 9.84 Å². The molecule has 0 aromatic carbocycles. The number of hydrogen-bond acceptors (Lipinski definition) is 4. The Bertz CT molecular complexity index is 366. The van der Waals surface area contributed by atoms with Crippen LogP contribution in [0.1, 0.15) is 39.0 Å². The number of sulfone groups is 1. The van der Waals surface area contributed by atoms with Crippen molar-refractivity contribution >= 4 is 15.8 Å². The molecule has 5 nitrogen and oxygen atoms in total. The summed E-state index contributed by atoms with van der Waals surface area (Å²) in [4.78, 5) is 10.9. The molecule has 0 saturated heterocycles. The first-order valence-corrected chi connectivity index (χ1v) is 8.43. The molecule has 1 fully saturated rings. The predicted octanol–water partition coefficient (Wildman–Crippen LogP) is 1.04. The lowest BCUT2D eigenvalue weighted by Crippen LogP contribution is -2.37. The second kappa shape index (κ2) is 7.09. The highest BCUT2D eigenvalue weighted by molar-refractivity contribution is 7.91. The summed E-state index contributed by atoms with van der Waals surface area (Å²) in [7, 11) is -2.88. The third-order valence-corrected chi connectivity index (χ3v) is 5.32. The second-order valence-electron chi connectivity index (χ2n) is 4.94. The van der Waals surface area contributed by atoms with Crippen molar-refractivity contribution in [3.05, 3.63) is 0 Å². The van der Waals surface area contributed by atoms with Gasteiger partial charge in [0.15, 0.2) is 0 Å². The van der Waals surface area contributed by atoms with E-state index in [1.165, 1.54) is 0 Å². The number of rotatable bonds is 7. The zero-order valence-electron chi connectivity index (χ0n) is 10.9. The first kappa shape index (κ1) is 15.4. The first-order valence-electron chi connectivity index (χ1n) is 6.61. The molecule has 6 heteroatoms. The number of nitrogens with one attached hydrogen (secondary N) is 1. The van der Waals surface area contributed by atoms with Crippen molar-refractivity contribution < 1.29 is 18.3 Å². The van der Waals surface area contributed by atoms with Crippen LogP contribution in [0.15, 0.2) is 0 Å². The number of hydrogen-bond donors (Lipinski definition) is 2. The third kappa shape index (κ3) is 5.35. The first-order chi connectivity index (χ1) is 8.44. The van der Waals surface area contributed by atoms with E-state index in [1.54, 1.807) is 6.92 Å². The Hall–Kier alpha value is -0.620. The minimum Gasteiger partial charge on any atom is -0.481 e. The van der Waals surface area contributed by atoms with E-state index in [9.17, 15) is 13.2 Å². The molecule has 0 aromatic rings. The van der Waals surface area contributed by atoms with E-state index in [0.717, 1.165) is 19.3 Å². The fourth-order valence-electron chi connectivity index (χ4n) is 2.34. The number of carbonyl (C=O) groups is 1. The normalized spacial score (nSPS) is 24.9. The van der Waals surface area contributed by atoms with Gasteiger partial charge in [0, 0.05) is 11.8 Å². The lowest BCUT2D eigenvalue weighted by atomic mass is 9.86. The van der Waals surface area contributed by atoms with Crippen LogP contribution < -0.4 is 5.32 Å². The minimum atomic E-state index is -2.88. The summed E-state index contributed by atoms with van der Waals surface area (Å²) in [5.74, 6) is -0.547.